The second kappa shape index (κ2) is 9.65. The van der Waals surface area contributed by atoms with Crippen LogP contribution in [0.1, 0.15) is 12.0 Å². The number of ether oxygens (including phenoxy) is 2. The van der Waals surface area contributed by atoms with E-state index in [2.05, 4.69) is 5.32 Å². The molecule has 10 heteroatoms. The lowest BCUT2D eigenvalue weighted by atomic mass is 10.2. The molecule has 1 N–H and O–H groups in total. The number of hydrogen-bond donors (Lipinski definition) is 1. The van der Waals surface area contributed by atoms with Crippen molar-refractivity contribution in [3.63, 3.8) is 0 Å². The quantitative estimate of drug-likeness (QED) is 0.696. The van der Waals surface area contributed by atoms with Crippen LogP contribution >= 0.6 is 11.6 Å². The molecule has 0 radical (unpaired) electrons. The van der Waals surface area contributed by atoms with E-state index in [0.29, 0.717) is 35.2 Å². The van der Waals surface area contributed by atoms with Gasteiger partial charge in [-0.2, -0.15) is 17.0 Å². The summed E-state index contributed by atoms with van der Waals surface area (Å²) in [5.74, 6) is 0.541. The van der Waals surface area contributed by atoms with Crippen molar-refractivity contribution in [1.29, 1.82) is 0 Å². The first-order valence-electron chi connectivity index (χ1n) is 9.35. The second-order valence-corrected chi connectivity index (χ2v) is 9.13. The van der Waals surface area contributed by atoms with Gasteiger partial charge in [0, 0.05) is 30.7 Å². The largest absolute Gasteiger partial charge is 0.497 e. The molecule has 0 aliphatic carbocycles. The van der Waals surface area contributed by atoms with E-state index >= 15 is 0 Å². The molecule has 1 amide bonds. The Morgan fingerprint density at radius 2 is 1.77 bits per heavy atom. The molecule has 162 valence electrons. The normalized spacial score (nSPS) is 16.8. The Morgan fingerprint density at radius 1 is 1.07 bits per heavy atom. The maximum atomic E-state index is 13.0. The summed E-state index contributed by atoms with van der Waals surface area (Å²) in [5, 5.41) is 3.30. The number of benzene rings is 2. The standard InChI is InChI=1S/C20H24ClN3O5S/c1-28-17-8-9-19(29-2)18(12-17)22-20(25)14-24-11-3-10-23(30(24,26)27)13-15-4-6-16(21)7-5-15/h4-9,12H,3,10-11,13-14H2,1-2H3,(H,22,25). The molecule has 3 rings (SSSR count). The Balaban J connectivity index is 1.69. The molecule has 30 heavy (non-hydrogen) atoms. The summed E-state index contributed by atoms with van der Waals surface area (Å²) < 4.78 is 39.0. The fourth-order valence-electron chi connectivity index (χ4n) is 3.19. The van der Waals surface area contributed by atoms with Gasteiger partial charge in [0.1, 0.15) is 11.5 Å². The third-order valence-corrected chi connectivity index (χ3v) is 6.92. The zero-order chi connectivity index (χ0) is 21.7. The first-order valence-corrected chi connectivity index (χ1v) is 11.1. The highest BCUT2D eigenvalue weighted by atomic mass is 35.5. The van der Waals surface area contributed by atoms with Gasteiger partial charge in [-0.25, -0.2) is 0 Å². The van der Waals surface area contributed by atoms with Crippen LogP contribution in [0.2, 0.25) is 5.02 Å². The van der Waals surface area contributed by atoms with Crippen molar-refractivity contribution in [3.05, 3.63) is 53.1 Å². The van der Waals surface area contributed by atoms with Crippen LogP contribution in [0, 0.1) is 0 Å². The minimum Gasteiger partial charge on any atom is -0.497 e. The predicted octanol–water partition coefficient (Wildman–Crippen LogP) is 2.75. The first kappa shape index (κ1) is 22.4. The zero-order valence-corrected chi connectivity index (χ0v) is 18.4. The average molecular weight is 454 g/mol. The highest BCUT2D eigenvalue weighted by molar-refractivity contribution is 7.86. The number of carbonyl (C=O) groups is 1. The minimum atomic E-state index is -3.77. The van der Waals surface area contributed by atoms with E-state index in [4.69, 9.17) is 21.1 Å². The number of halogens is 1. The SMILES string of the molecule is COc1ccc(OC)c(NC(=O)CN2CCCN(Cc3ccc(Cl)cc3)S2(=O)=O)c1. The van der Waals surface area contributed by atoms with Crippen molar-refractivity contribution in [2.75, 3.05) is 39.2 Å². The topological polar surface area (TPSA) is 88.2 Å². The monoisotopic (exact) mass is 453 g/mol. The van der Waals surface area contributed by atoms with Gasteiger partial charge in [0.05, 0.1) is 26.5 Å². The van der Waals surface area contributed by atoms with E-state index in [1.807, 2.05) is 0 Å². The molecule has 1 saturated heterocycles. The summed E-state index contributed by atoms with van der Waals surface area (Å²) in [6.07, 6.45) is 0.628. The summed E-state index contributed by atoms with van der Waals surface area (Å²) in [5.41, 5.74) is 1.24. The van der Waals surface area contributed by atoms with E-state index in [-0.39, 0.29) is 19.6 Å². The van der Waals surface area contributed by atoms with Gasteiger partial charge in [-0.15, -0.1) is 0 Å². The van der Waals surface area contributed by atoms with Gasteiger partial charge in [0.15, 0.2) is 0 Å². The molecule has 0 spiro atoms. The third kappa shape index (κ3) is 5.23. The van der Waals surface area contributed by atoms with E-state index in [1.165, 1.54) is 22.8 Å². The smallest absolute Gasteiger partial charge is 0.282 e. The van der Waals surface area contributed by atoms with Gasteiger partial charge in [-0.3, -0.25) is 4.79 Å². The fraction of sp³-hybridized carbons (Fsp3) is 0.350. The lowest BCUT2D eigenvalue weighted by Gasteiger charge is -2.34. The number of carbonyl (C=O) groups excluding carboxylic acids is 1. The molecule has 2 aromatic carbocycles. The van der Waals surface area contributed by atoms with Crippen LogP contribution in [0.3, 0.4) is 0 Å². The van der Waals surface area contributed by atoms with Crippen LogP contribution in [0.5, 0.6) is 11.5 Å². The molecule has 8 nitrogen and oxygen atoms in total. The number of anilines is 1. The van der Waals surface area contributed by atoms with E-state index in [0.717, 1.165) is 5.56 Å². The average Bonchev–Trinajstić information content (AvgIpc) is 2.72. The molecule has 0 atom stereocenters. The van der Waals surface area contributed by atoms with Crippen molar-refractivity contribution < 1.29 is 22.7 Å². The maximum absolute atomic E-state index is 13.0. The predicted molar refractivity (Wildman–Crippen MR) is 115 cm³/mol. The fourth-order valence-corrected chi connectivity index (χ4v) is 4.96. The van der Waals surface area contributed by atoms with Crippen molar-refractivity contribution >= 4 is 33.4 Å². The van der Waals surface area contributed by atoms with Crippen LogP contribution < -0.4 is 14.8 Å². The summed E-state index contributed by atoms with van der Waals surface area (Å²) in [6.45, 7) is 0.607. The summed E-state index contributed by atoms with van der Waals surface area (Å²) >= 11 is 5.90. The van der Waals surface area contributed by atoms with Crippen LogP contribution in [-0.2, 0) is 21.5 Å². The molecule has 0 aromatic heterocycles. The number of methoxy groups -OCH3 is 2. The number of hydrogen-bond acceptors (Lipinski definition) is 5. The van der Waals surface area contributed by atoms with Crippen molar-refractivity contribution in [2.45, 2.75) is 13.0 Å². The lowest BCUT2D eigenvalue weighted by molar-refractivity contribution is -0.116. The van der Waals surface area contributed by atoms with Crippen LogP contribution in [0.4, 0.5) is 5.69 Å². The van der Waals surface area contributed by atoms with Gasteiger partial charge in [0.2, 0.25) is 5.91 Å². The van der Waals surface area contributed by atoms with Gasteiger partial charge in [-0.05, 0) is 36.2 Å². The lowest BCUT2D eigenvalue weighted by Crippen LogP contribution is -2.51. The van der Waals surface area contributed by atoms with Crippen LogP contribution in [-0.4, -0.2) is 56.8 Å². The molecular formula is C20H24ClN3O5S. The molecule has 1 fully saturated rings. The molecule has 2 aromatic rings. The molecule has 1 heterocycles. The van der Waals surface area contributed by atoms with Crippen LogP contribution in [0.15, 0.2) is 42.5 Å². The highest BCUT2D eigenvalue weighted by Gasteiger charge is 2.34. The number of nitrogens with one attached hydrogen (secondary N) is 1. The van der Waals surface area contributed by atoms with Gasteiger partial charge in [-0.1, -0.05) is 23.7 Å². The molecule has 0 saturated carbocycles. The third-order valence-electron chi connectivity index (χ3n) is 4.74. The van der Waals surface area contributed by atoms with Crippen molar-refractivity contribution in [2.24, 2.45) is 0 Å². The van der Waals surface area contributed by atoms with Crippen molar-refractivity contribution in [3.8, 4) is 11.5 Å². The molecule has 0 bridgehead atoms. The number of rotatable bonds is 7. The Bertz CT molecular complexity index is 998. The number of nitrogens with zero attached hydrogens (tertiary/aromatic N) is 2. The summed E-state index contributed by atoms with van der Waals surface area (Å²) in [6, 6.07) is 12.0. The first-order chi connectivity index (χ1) is 14.3. The Kier molecular flexibility index (Phi) is 7.19. The summed E-state index contributed by atoms with van der Waals surface area (Å²) in [7, 11) is -0.767. The minimum absolute atomic E-state index is 0.224. The second-order valence-electron chi connectivity index (χ2n) is 6.77. The van der Waals surface area contributed by atoms with E-state index in [1.54, 1.807) is 42.5 Å². The van der Waals surface area contributed by atoms with Crippen molar-refractivity contribution in [1.82, 2.24) is 8.61 Å². The van der Waals surface area contributed by atoms with E-state index < -0.39 is 16.1 Å². The Labute approximate surface area is 181 Å². The highest BCUT2D eigenvalue weighted by Crippen LogP contribution is 2.29. The van der Waals surface area contributed by atoms with Gasteiger partial charge in [0.25, 0.3) is 10.2 Å². The maximum Gasteiger partial charge on any atom is 0.282 e. The van der Waals surface area contributed by atoms with E-state index in [9.17, 15) is 13.2 Å². The molecule has 1 aliphatic rings. The van der Waals surface area contributed by atoms with Gasteiger partial charge >= 0.3 is 0 Å². The van der Waals surface area contributed by atoms with Gasteiger partial charge < -0.3 is 14.8 Å². The molecular weight excluding hydrogens is 430 g/mol. The Hall–Kier alpha value is -2.33. The van der Waals surface area contributed by atoms with Crippen LogP contribution in [0.25, 0.3) is 0 Å². The number of amides is 1. The molecule has 1 aliphatic heterocycles. The summed E-state index contributed by atoms with van der Waals surface area (Å²) in [4.78, 5) is 12.6. The zero-order valence-electron chi connectivity index (χ0n) is 16.8. The molecule has 0 unspecified atom stereocenters. The Morgan fingerprint density at radius 3 is 2.43 bits per heavy atom.